The van der Waals surface area contributed by atoms with Gasteiger partial charge in [0.1, 0.15) is 11.2 Å². The van der Waals surface area contributed by atoms with Crippen LogP contribution in [0.2, 0.25) is 0 Å². The maximum absolute atomic E-state index is 6.97. The number of furan rings is 1. The molecule has 1 aromatic heterocycles. The fourth-order valence-corrected chi connectivity index (χ4v) is 8.74. The zero-order valence-electron chi connectivity index (χ0n) is 31.7. The number of fused-ring (bicyclic) bond motifs is 5. The Morgan fingerprint density at radius 3 is 1.67 bits per heavy atom. The monoisotopic (exact) mass is 739 g/mol. The van der Waals surface area contributed by atoms with Gasteiger partial charge in [0.15, 0.2) is 0 Å². The van der Waals surface area contributed by atoms with Crippen LogP contribution in [0.3, 0.4) is 0 Å². The van der Waals surface area contributed by atoms with Crippen molar-refractivity contribution >= 4 is 60.5 Å². The molecule has 0 amide bonds. The van der Waals surface area contributed by atoms with Gasteiger partial charge in [-0.1, -0.05) is 182 Å². The summed E-state index contributed by atoms with van der Waals surface area (Å²) in [5, 5.41) is 6.98. The molecule has 0 aliphatic rings. The minimum atomic E-state index is 0.859. The third-order valence-corrected chi connectivity index (χ3v) is 11.5. The van der Waals surface area contributed by atoms with E-state index in [4.69, 9.17) is 4.42 Å². The van der Waals surface area contributed by atoms with Crippen molar-refractivity contribution in [3.63, 3.8) is 0 Å². The van der Waals surface area contributed by atoms with E-state index in [0.29, 0.717) is 0 Å². The molecule has 10 aromatic carbocycles. The van der Waals surface area contributed by atoms with Crippen LogP contribution in [0.5, 0.6) is 0 Å². The lowest BCUT2D eigenvalue weighted by Gasteiger charge is -2.31. The molecule has 0 aliphatic heterocycles. The van der Waals surface area contributed by atoms with Gasteiger partial charge in [0.2, 0.25) is 0 Å². The average Bonchev–Trinajstić information content (AvgIpc) is 3.70. The molecule has 58 heavy (non-hydrogen) atoms. The Labute approximate surface area is 337 Å². The SMILES string of the molecule is c1ccc(-c2cccc(-c3ccccc3N(c3ccccc3-c3ccc4ccccc4c3)c3ccc(-c4cccc5ccccc45)c4oc5ccccc5c34)c2)cc1. The van der Waals surface area contributed by atoms with Gasteiger partial charge in [-0.15, -0.1) is 0 Å². The molecule has 11 rings (SSSR count). The summed E-state index contributed by atoms with van der Waals surface area (Å²) in [5.41, 5.74) is 14.1. The standard InChI is InChI=1S/C56H37NO/c1-2-16-38(17-3-1)42-22-14-23-43(36-42)46-25-8-11-29-51(46)57(52-30-12-9-26-47(52)44-33-32-39-18-4-5-20-41(39)37-44)53-35-34-49(48-28-15-21-40-19-6-7-24-45(40)48)56-55(53)50-27-10-13-31-54(50)58-56/h1-37H. The highest BCUT2D eigenvalue weighted by atomic mass is 16.3. The largest absolute Gasteiger partial charge is 0.455 e. The highest BCUT2D eigenvalue weighted by Crippen LogP contribution is 2.50. The van der Waals surface area contributed by atoms with E-state index < -0.39 is 0 Å². The molecule has 0 N–H and O–H groups in total. The average molecular weight is 740 g/mol. The van der Waals surface area contributed by atoms with Crippen LogP contribution in [0.4, 0.5) is 17.1 Å². The van der Waals surface area contributed by atoms with Crippen molar-refractivity contribution in [3.05, 3.63) is 224 Å². The maximum Gasteiger partial charge on any atom is 0.145 e. The molecule has 272 valence electrons. The summed E-state index contributed by atoms with van der Waals surface area (Å²) in [6.45, 7) is 0. The predicted molar refractivity (Wildman–Crippen MR) is 245 cm³/mol. The molecule has 2 nitrogen and oxygen atoms in total. The molecular weight excluding hydrogens is 703 g/mol. The minimum absolute atomic E-state index is 0.859. The first kappa shape index (κ1) is 33.6. The number of anilines is 3. The second-order valence-electron chi connectivity index (χ2n) is 14.8. The Hall–Kier alpha value is -7.68. The smallest absolute Gasteiger partial charge is 0.145 e. The number of para-hydroxylation sites is 3. The van der Waals surface area contributed by atoms with Crippen LogP contribution in [0, 0.1) is 0 Å². The summed E-state index contributed by atoms with van der Waals surface area (Å²) in [5.74, 6) is 0. The van der Waals surface area contributed by atoms with Gasteiger partial charge in [-0.05, 0) is 91.8 Å². The second kappa shape index (κ2) is 14.1. The number of nitrogens with zero attached hydrogens (tertiary/aromatic N) is 1. The summed E-state index contributed by atoms with van der Waals surface area (Å²) in [6.07, 6.45) is 0. The van der Waals surface area contributed by atoms with Crippen molar-refractivity contribution in [1.29, 1.82) is 0 Å². The number of hydrogen-bond acceptors (Lipinski definition) is 2. The van der Waals surface area contributed by atoms with Crippen LogP contribution >= 0.6 is 0 Å². The second-order valence-corrected chi connectivity index (χ2v) is 14.8. The predicted octanol–water partition coefficient (Wildman–Crippen LogP) is 16.0. The number of benzene rings is 10. The summed E-state index contributed by atoms with van der Waals surface area (Å²) in [6, 6.07) is 80.7. The zero-order chi connectivity index (χ0) is 38.4. The summed E-state index contributed by atoms with van der Waals surface area (Å²) in [4.78, 5) is 2.46. The lowest BCUT2D eigenvalue weighted by atomic mass is 9.93. The molecule has 2 heteroatoms. The fourth-order valence-electron chi connectivity index (χ4n) is 8.74. The van der Waals surface area contributed by atoms with E-state index in [0.717, 1.165) is 72.4 Å². The molecule has 11 aromatic rings. The Balaban J connectivity index is 1.21. The van der Waals surface area contributed by atoms with Gasteiger partial charge < -0.3 is 9.32 Å². The van der Waals surface area contributed by atoms with Gasteiger partial charge in [-0.25, -0.2) is 0 Å². The first-order valence-corrected chi connectivity index (χ1v) is 19.8. The van der Waals surface area contributed by atoms with Crippen molar-refractivity contribution in [3.8, 4) is 44.5 Å². The first-order chi connectivity index (χ1) is 28.8. The van der Waals surface area contributed by atoms with E-state index in [1.165, 1.54) is 32.7 Å². The van der Waals surface area contributed by atoms with Gasteiger partial charge in [0.25, 0.3) is 0 Å². The molecule has 0 atom stereocenters. The molecule has 0 unspecified atom stereocenters. The van der Waals surface area contributed by atoms with E-state index in [2.05, 4.69) is 229 Å². The first-order valence-electron chi connectivity index (χ1n) is 19.8. The van der Waals surface area contributed by atoms with E-state index in [1.807, 2.05) is 0 Å². The Morgan fingerprint density at radius 2 is 0.862 bits per heavy atom. The Bertz CT molecular complexity index is 3300. The molecular formula is C56H37NO. The molecule has 0 fully saturated rings. The van der Waals surface area contributed by atoms with Crippen LogP contribution in [-0.4, -0.2) is 0 Å². The highest BCUT2D eigenvalue weighted by molar-refractivity contribution is 6.19. The molecule has 1 heterocycles. The Morgan fingerprint density at radius 1 is 0.293 bits per heavy atom. The summed E-state index contributed by atoms with van der Waals surface area (Å²) < 4.78 is 6.97. The third kappa shape index (κ3) is 5.74. The van der Waals surface area contributed by atoms with Crippen LogP contribution in [0.1, 0.15) is 0 Å². The minimum Gasteiger partial charge on any atom is -0.455 e. The van der Waals surface area contributed by atoms with E-state index in [1.54, 1.807) is 0 Å². The van der Waals surface area contributed by atoms with Crippen LogP contribution in [0.15, 0.2) is 229 Å². The molecule has 0 spiro atoms. The Kier molecular flexibility index (Phi) is 8.19. The van der Waals surface area contributed by atoms with Crippen molar-refractivity contribution in [1.82, 2.24) is 0 Å². The van der Waals surface area contributed by atoms with Gasteiger partial charge in [-0.2, -0.15) is 0 Å². The molecule has 0 radical (unpaired) electrons. The number of rotatable bonds is 7. The van der Waals surface area contributed by atoms with Crippen LogP contribution in [-0.2, 0) is 0 Å². The molecule has 0 saturated carbocycles. The van der Waals surface area contributed by atoms with Crippen LogP contribution < -0.4 is 4.90 Å². The van der Waals surface area contributed by atoms with E-state index in [-0.39, 0.29) is 0 Å². The van der Waals surface area contributed by atoms with Gasteiger partial charge >= 0.3 is 0 Å². The normalized spacial score (nSPS) is 11.4. The third-order valence-electron chi connectivity index (χ3n) is 11.5. The van der Waals surface area contributed by atoms with Crippen molar-refractivity contribution in [2.45, 2.75) is 0 Å². The molecule has 0 saturated heterocycles. The number of hydrogen-bond donors (Lipinski definition) is 0. The highest BCUT2D eigenvalue weighted by Gasteiger charge is 2.26. The van der Waals surface area contributed by atoms with Gasteiger partial charge in [0.05, 0.1) is 22.4 Å². The fraction of sp³-hybridized carbons (Fsp3) is 0. The van der Waals surface area contributed by atoms with E-state index >= 15 is 0 Å². The summed E-state index contributed by atoms with van der Waals surface area (Å²) in [7, 11) is 0. The van der Waals surface area contributed by atoms with Gasteiger partial charge in [-0.3, -0.25) is 0 Å². The van der Waals surface area contributed by atoms with Gasteiger partial charge in [0, 0.05) is 22.1 Å². The molecule has 0 aliphatic carbocycles. The van der Waals surface area contributed by atoms with Crippen molar-refractivity contribution in [2.24, 2.45) is 0 Å². The summed E-state index contributed by atoms with van der Waals surface area (Å²) >= 11 is 0. The van der Waals surface area contributed by atoms with Crippen molar-refractivity contribution in [2.75, 3.05) is 4.90 Å². The lowest BCUT2D eigenvalue weighted by molar-refractivity contribution is 0.670. The molecule has 0 bridgehead atoms. The van der Waals surface area contributed by atoms with Crippen LogP contribution in [0.25, 0.3) is 88.0 Å². The van der Waals surface area contributed by atoms with Crippen molar-refractivity contribution < 1.29 is 4.42 Å². The maximum atomic E-state index is 6.97. The topological polar surface area (TPSA) is 16.4 Å². The quantitative estimate of drug-likeness (QED) is 0.162. The van der Waals surface area contributed by atoms with E-state index in [9.17, 15) is 0 Å². The lowest BCUT2D eigenvalue weighted by Crippen LogP contribution is -2.13. The zero-order valence-corrected chi connectivity index (χ0v) is 31.7.